The van der Waals surface area contributed by atoms with Gasteiger partial charge in [-0.15, -0.1) is 0 Å². The Morgan fingerprint density at radius 2 is 1.54 bits per heavy atom. The molecule has 0 aromatic heterocycles. The Morgan fingerprint density at radius 1 is 0.821 bits per heavy atom. The third-order valence-corrected chi connectivity index (χ3v) is 4.57. The fraction of sp³-hybridized carbons (Fsp3) is 0.208. The summed E-state index contributed by atoms with van der Waals surface area (Å²) in [6, 6.07) is 23.1. The lowest BCUT2D eigenvalue weighted by atomic mass is 10.1. The summed E-state index contributed by atoms with van der Waals surface area (Å²) in [6.45, 7) is 5.32. The summed E-state index contributed by atoms with van der Waals surface area (Å²) in [7, 11) is 0. The predicted molar refractivity (Wildman–Crippen MR) is 111 cm³/mol. The minimum Gasteiger partial charge on any atom is -0.491 e. The van der Waals surface area contributed by atoms with Crippen LogP contribution in [0.4, 0.5) is 0 Å². The Balaban J connectivity index is 1.53. The zero-order valence-corrected chi connectivity index (χ0v) is 16.3. The van der Waals surface area contributed by atoms with E-state index in [1.54, 1.807) is 6.07 Å². The quantitative estimate of drug-likeness (QED) is 0.581. The van der Waals surface area contributed by atoms with E-state index >= 15 is 0 Å². The van der Waals surface area contributed by atoms with Gasteiger partial charge >= 0.3 is 0 Å². The van der Waals surface area contributed by atoms with Crippen molar-refractivity contribution in [2.24, 2.45) is 0 Å². The van der Waals surface area contributed by atoms with Gasteiger partial charge in [-0.1, -0.05) is 54.6 Å². The third kappa shape index (κ3) is 5.13. The van der Waals surface area contributed by atoms with Crippen LogP contribution >= 0.6 is 0 Å². The number of para-hydroxylation sites is 1. The second-order valence-electron chi connectivity index (χ2n) is 6.57. The molecule has 0 atom stereocenters. The summed E-state index contributed by atoms with van der Waals surface area (Å²) in [4.78, 5) is 12.6. The van der Waals surface area contributed by atoms with Crippen LogP contribution in [0.3, 0.4) is 0 Å². The molecule has 0 radical (unpaired) electrons. The molecule has 0 heterocycles. The highest BCUT2D eigenvalue weighted by Crippen LogP contribution is 2.21. The largest absolute Gasteiger partial charge is 0.491 e. The fourth-order valence-electron chi connectivity index (χ4n) is 2.82. The molecule has 1 amide bonds. The number of carbonyl (C=O) groups excluding carboxylic acids is 1. The topological polar surface area (TPSA) is 47.6 Å². The van der Waals surface area contributed by atoms with Gasteiger partial charge in [-0.25, -0.2) is 0 Å². The van der Waals surface area contributed by atoms with E-state index in [0.29, 0.717) is 31.1 Å². The Kier molecular flexibility index (Phi) is 6.68. The SMILES string of the molecule is Cc1cccc(OCCNC(=O)c2ccccc2OCc2ccccc2)c1C. The molecule has 0 spiro atoms. The molecular weight excluding hydrogens is 350 g/mol. The number of ether oxygens (including phenoxy) is 2. The number of carbonyl (C=O) groups is 1. The molecule has 0 bridgehead atoms. The van der Waals surface area contributed by atoms with Crippen LogP contribution in [0.5, 0.6) is 11.5 Å². The second-order valence-corrected chi connectivity index (χ2v) is 6.57. The van der Waals surface area contributed by atoms with Crippen LogP contribution in [0.1, 0.15) is 27.0 Å². The minimum absolute atomic E-state index is 0.173. The smallest absolute Gasteiger partial charge is 0.255 e. The van der Waals surface area contributed by atoms with Gasteiger partial charge in [0.05, 0.1) is 12.1 Å². The molecule has 4 nitrogen and oxygen atoms in total. The monoisotopic (exact) mass is 375 g/mol. The van der Waals surface area contributed by atoms with Crippen LogP contribution in [-0.2, 0) is 6.61 Å². The number of nitrogens with one attached hydrogen (secondary N) is 1. The van der Waals surface area contributed by atoms with Crippen molar-refractivity contribution < 1.29 is 14.3 Å². The van der Waals surface area contributed by atoms with Crippen LogP contribution in [0, 0.1) is 13.8 Å². The Morgan fingerprint density at radius 3 is 2.36 bits per heavy atom. The van der Waals surface area contributed by atoms with E-state index in [-0.39, 0.29) is 5.91 Å². The van der Waals surface area contributed by atoms with Gasteiger partial charge in [0.1, 0.15) is 24.7 Å². The summed E-state index contributed by atoms with van der Waals surface area (Å²) in [5.74, 6) is 1.24. The second kappa shape index (κ2) is 9.60. The highest BCUT2D eigenvalue weighted by Gasteiger charge is 2.12. The standard InChI is InChI=1S/C24H25NO3/c1-18-9-8-14-22(19(18)2)27-16-15-25-24(26)21-12-6-7-13-23(21)28-17-20-10-4-3-5-11-20/h3-14H,15-17H2,1-2H3,(H,25,26). The molecular formula is C24H25NO3. The Bertz CT molecular complexity index is 922. The van der Waals surface area contributed by atoms with Crippen LogP contribution in [0.2, 0.25) is 0 Å². The number of aryl methyl sites for hydroxylation is 1. The van der Waals surface area contributed by atoms with E-state index < -0.39 is 0 Å². The van der Waals surface area contributed by atoms with Crippen LogP contribution in [0.25, 0.3) is 0 Å². The van der Waals surface area contributed by atoms with Crippen molar-refractivity contribution in [3.8, 4) is 11.5 Å². The molecule has 3 aromatic carbocycles. The van der Waals surface area contributed by atoms with Gasteiger partial charge in [0.2, 0.25) is 0 Å². The molecule has 0 unspecified atom stereocenters. The molecule has 1 N–H and O–H groups in total. The van der Waals surface area contributed by atoms with Crippen LogP contribution in [-0.4, -0.2) is 19.1 Å². The van der Waals surface area contributed by atoms with E-state index in [1.807, 2.05) is 67.6 Å². The van der Waals surface area contributed by atoms with Crippen molar-refractivity contribution in [2.45, 2.75) is 20.5 Å². The first kappa shape index (κ1) is 19.5. The van der Waals surface area contributed by atoms with Gasteiger partial charge in [-0.3, -0.25) is 4.79 Å². The van der Waals surface area contributed by atoms with Gasteiger partial charge in [-0.05, 0) is 48.7 Å². The first-order chi connectivity index (χ1) is 13.6. The van der Waals surface area contributed by atoms with Gasteiger partial charge in [0.25, 0.3) is 5.91 Å². The van der Waals surface area contributed by atoms with Crippen LogP contribution < -0.4 is 14.8 Å². The summed E-state index contributed by atoms with van der Waals surface area (Å²) in [5.41, 5.74) is 3.88. The van der Waals surface area contributed by atoms with E-state index in [2.05, 4.69) is 18.3 Å². The predicted octanol–water partition coefficient (Wildman–Crippen LogP) is 4.69. The highest BCUT2D eigenvalue weighted by molar-refractivity contribution is 5.96. The molecule has 4 heteroatoms. The summed E-state index contributed by atoms with van der Waals surface area (Å²) in [6.07, 6.45) is 0. The molecule has 0 aliphatic heterocycles. The molecule has 144 valence electrons. The van der Waals surface area contributed by atoms with Gasteiger partial charge in [0, 0.05) is 0 Å². The zero-order valence-electron chi connectivity index (χ0n) is 16.3. The minimum atomic E-state index is -0.173. The Hall–Kier alpha value is -3.27. The molecule has 0 saturated carbocycles. The maximum Gasteiger partial charge on any atom is 0.255 e. The lowest BCUT2D eigenvalue weighted by Crippen LogP contribution is -2.28. The van der Waals surface area contributed by atoms with Crippen LogP contribution in [0.15, 0.2) is 72.8 Å². The number of hydrogen-bond donors (Lipinski definition) is 1. The Labute approximate surface area is 166 Å². The molecule has 3 rings (SSSR count). The fourth-order valence-corrected chi connectivity index (χ4v) is 2.82. The van der Waals surface area contributed by atoms with Gasteiger partial charge < -0.3 is 14.8 Å². The molecule has 0 fully saturated rings. The molecule has 0 saturated heterocycles. The summed E-state index contributed by atoms with van der Waals surface area (Å²) >= 11 is 0. The van der Waals surface area contributed by atoms with E-state index in [0.717, 1.165) is 16.9 Å². The van der Waals surface area contributed by atoms with Crippen molar-refractivity contribution in [1.82, 2.24) is 5.32 Å². The average molecular weight is 375 g/mol. The lowest BCUT2D eigenvalue weighted by Gasteiger charge is -2.13. The number of rotatable bonds is 8. The van der Waals surface area contributed by atoms with Crippen molar-refractivity contribution >= 4 is 5.91 Å². The van der Waals surface area contributed by atoms with Crippen molar-refractivity contribution in [1.29, 1.82) is 0 Å². The van der Waals surface area contributed by atoms with Gasteiger partial charge in [0.15, 0.2) is 0 Å². The molecule has 0 aliphatic carbocycles. The maximum absolute atomic E-state index is 12.6. The molecule has 0 aliphatic rings. The van der Waals surface area contributed by atoms with Crippen molar-refractivity contribution in [3.63, 3.8) is 0 Å². The number of amides is 1. The summed E-state index contributed by atoms with van der Waals surface area (Å²) < 4.78 is 11.7. The lowest BCUT2D eigenvalue weighted by molar-refractivity contribution is 0.0942. The normalized spacial score (nSPS) is 10.4. The van der Waals surface area contributed by atoms with E-state index in [4.69, 9.17) is 9.47 Å². The first-order valence-electron chi connectivity index (χ1n) is 9.38. The van der Waals surface area contributed by atoms with E-state index in [1.165, 1.54) is 5.56 Å². The first-order valence-corrected chi connectivity index (χ1v) is 9.38. The zero-order chi connectivity index (χ0) is 19.8. The average Bonchev–Trinajstić information content (AvgIpc) is 2.73. The summed E-state index contributed by atoms with van der Waals surface area (Å²) in [5, 5.41) is 2.90. The van der Waals surface area contributed by atoms with Crippen molar-refractivity contribution in [2.75, 3.05) is 13.2 Å². The molecule has 28 heavy (non-hydrogen) atoms. The highest BCUT2D eigenvalue weighted by atomic mass is 16.5. The van der Waals surface area contributed by atoms with Gasteiger partial charge in [-0.2, -0.15) is 0 Å². The number of hydrogen-bond acceptors (Lipinski definition) is 3. The third-order valence-electron chi connectivity index (χ3n) is 4.57. The maximum atomic E-state index is 12.6. The molecule has 3 aromatic rings. The number of benzene rings is 3. The van der Waals surface area contributed by atoms with E-state index in [9.17, 15) is 4.79 Å². The van der Waals surface area contributed by atoms with Crippen molar-refractivity contribution in [3.05, 3.63) is 95.1 Å².